The molecule has 1 aromatic carbocycles. The van der Waals surface area contributed by atoms with E-state index < -0.39 is 5.97 Å². The van der Waals surface area contributed by atoms with Gasteiger partial charge < -0.3 is 15.7 Å². The number of hydrogen-bond acceptors (Lipinski definition) is 2. The number of urea groups is 1. The lowest BCUT2D eigenvalue weighted by molar-refractivity contribution is 0.0697. The fraction of sp³-hybridized carbons (Fsp3) is 0.231. The van der Waals surface area contributed by atoms with Gasteiger partial charge in [0.25, 0.3) is 0 Å². The molecular weight excluding hydrogens is 232 g/mol. The van der Waals surface area contributed by atoms with Crippen molar-refractivity contribution < 1.29 is 14.7 Å². The third-order valence-corrected chi connectivity index (χ3v) is 2.36. The van der Waals surface area contributed by atoms with Crippen LogP contribution in [-0.2, 0) is 0 Å². The van der Waals surface area contributed by atoms with Crippen molar-refractivity contribution in [3.8, 4) is 0 Å². The minimum absolute atomic E-state index is 0.199. The fourth-order valence-electron chi connectivity index (χ4n) is 1.39. The number of carbonyl (C=O) groups is 2. The molecule has 5 nitrogen and oxygen atoms in total. The molecule has 0 fully saturated rings. The number of aryl methyl sites for hydroxylation is 1. The summed E-state index contributed by atoms with van der Waals surface area (Å²) in [6.45, 7) is 5.81. The summed E-state index contributed by atoms with van der Waals surface area (Å²) in [4.78, 5) is 22.2. The standard InChI is InChI=1S/C13H16N2O3/c1-3-4-7-14-13(18)15-11-6-5-10(12(16)17)8-9(11)2/h3,5-6,8H,1,4,7H2,2H3,(H,16,17)(H2,14,15,18). The summed E-state index contributed by atoms with van der Waals surface area (Å²) >= 11 is 0. The Balaban J connectivity index is 2.65. The highest BCUT2D eigenvalue weighted by Crippen LogP contribution is 2.16. The van der Waals surface area contributed by atoms with Gasteiger partial charge in [-0.15, -0.1) is 6.58 Å². The van der Waals surface area contributed by atoms with Crippen LogP contribution in [0.5, 0.6) is 0 Å². The number of benzene rings is 1. The molecule has 0 unspecified atom stereocenters. The second-order valence-electron chi connectivity index (χ2n) is 3.79. The smallest absolute Gasteiger partial charge is 0.335 e. The van der Waals surface area contributed by atoms with E-state index in [-0.39, 0.29) is 11.6 Å². The van der Waals surface area contributed by atoms with Crippen LogP contribution in [0.15, 0.2) is 30.9 Å². The number of carboxylic acid groups (broad SMARTS) is 1. The number of carbonyl (C=O) groups excluding carboxylic acids is 1. The summed E-state index contributed by atoms with van der Waals surface area (Å²) in [5, 5.41) is 14.1. The normalized spacial score (nSPS) is 9.61. The van der Waals surface area contributed by atoms with Crippen LogP contribution in [0.3, 0.4) is 0 Å². The van der Waals surface area contributed by atoms with E-state index in [9.17, 15) is 9.59 Å². The van der Waals surface area contributed by atoms with Crippen LogP contribution in [0.25, 0.3) is 0 Å². The molecule has 1 aromatic rings. The summed E-state index contributed by atoms with van der Waals surface area (Å²) in [5.74, 6) is -0.986. The van der Waals surface area contributed by atoms with E-state index in [1.165, 1.54) is 12.1 Å². The third kappa shape index (κ3) is 3.93. The van der Waals surface area contributed by atoms with Crippen molar-refractivity contribution in [2.75, 3.05) is 11.9 Å². The van der Waals surface area contributed by atoms with E-state index in [0.717, 1.165) is 0 Å². The number of amides is 2. The Morgan fingerprint density at radius 1 is 1.44 bits per heavy atom. The van der Waals surface area contributed by atoms with Gasteiger partial charge in [0, 0.05) is 12.2 Å². The van der Waals surface area contributed by atoms with Crippen LogP contribution in [0.1, 0.15) is 22.3 Å². The Morgan fingerprint density at radius 2 is 2.17 bits per heavy atom. The lowest BCUT2D eigenvalue weighted by atomic mass is 10.1. The Bertz CT molecular complexity index is 469. The summed E-state index contributed by atoms with van der Waals surface area (Å²) < 4.78 is 0. The second-order valence-corrected chi connectivity index (χ2v) is 3.79. The van der Waals surface area contributed by atoms with Crippen molar-refractivity contribution >= 4 is 17.7 Å². The highest BCUT2D eigenvalue weighted by molar-refractivity contribution is 5.92. The van der Waals surface area contributed by atoms with Gasteiger partial charge in [-0.05, 0) is 37.1 Å². The van der Waals surface area contributed by atoms with E-state index >= 15 is 0 Å². The molecule has 0 bridgehead atoms. The number of hydrogen-bond donors (Lipinski definition) is 3. The van der Waals surface area contributed by atoms with Crippen molar-refractivity contribution in [2.45, 2.75) is 13.3 Å². The molecule has 96 valence electrons. The molecule has 0 saturated heterocycles. The molecule has 1 rings (SSSR count). The average molecular weight is 248 g/mol. The van der Waals surface area contributed by atoms with Crippen molar-refractivity contribution in [2.24, 2.45) is 0 Å². The molecule has 0 aliphatic heterocycles. The van der Waals surface area contributed by atoms with Crippen LogP contribution >= 0.6 is 0 Å². The molecule has 5 heteroatoms. The van der Waals surface area contributed by atoms with Crippen molar-refractivity contribution in [3.63, 3.8) is 0 Å². The molecule has 2 amide bonds. The molecule has 0 spiro atoms. The zero-order valence-corrected chi connectivity index (χ0v) is 10.2. The Kier molecular flexibility index (Phi) is 4.92. The molecule has 0 radical (unpaired) electrons. The minimum Gasteiger partial charge on any atom is -0.478 e. The van der Waals surface area contributed by atoms with Gasteiger partial charge in [-0.2, -0.15) is 0 Å². The number of nitrogens with one attached hydrogen (secondary N) is 2. The largest absolute Gasteiger partial charge is 0.478 e. The SMILES string of the molecule is C=CCCNC(=O)Nc1ccc(C(=O)O)cc1C. The molecule has 0 aliphatic rings. The number of anilines is 1. The Morgan fingerprint density at radius 3 is 2.72 bits per heavy atom. The highest BCUT2D eigenvalue weighted by Gasteiger charge is 2.07. The van der Waals surface area contributed by atoms with E-state index in [2.05, 4.69) is 17.2 Å². The predicted octanol–water partition coefficient (Wildman–Crippen LogP) is 2.39. The number of carboxylic acids is 1. The van der Waals surface area contributed by atoms with Crippen LogP contribution in [0.2, 0.25) is 0 Å². The summed E-state index contributed by atoms with van der Waals surface area (Å²) in [6.07, 6.45) is 2.41. The van der Waals surface area contributed by atoms with E-state index in [0.29, 0.717) is 24.2 Å². The summed E-state index contributed by atoms with van der Waals surface area (Å²) in [6, 6.07) is 4.23. The van der Waals surface area contributed by atoms with Gasteiger partial charge in [-0.3, -0.25) is 0 Å². The average Bonchev–Trinajstić information content (AvgIpc) is 2.32. The molecular formula is C13H16N2O3. The summed E-state index contributed by atoms with van der Waals surface area (Å²) in [5.41, 5.74) is 1.50. The predicted molar refractivity (Wildman–Crippen MR) is 70.0 cm³/mol. The molecule has 3 N–H and O–H groups in total. The maximum Gasteiger partial charge on any atom is 0.335 e. The topological polar surface area (TPSA) is 78.4 Å². The summed E-state index contributed by atoms with van der Waals surface area (Å²) in [7, 11) is 0. The number of rotatable bonds is 5. The van der Waals surface area contributed by atoms with E-state index in [4.69, 9.17) is 5.11 Å². The third-order valence-electron chi connectivity index (χ3n) is 2.36. The lowest BCUT2D eigenvalue weighted by Crippen LogP contribution is -2.29. The van der Waals surface area contributed by atoms with Gasteiger partial charge in [-0.1, -0.05) is 6.08 Å². The Hall–Kier alpha value is -2.30. The first-order valence-electron chi connectivity index (χ1n) is 5.54. The second kappa shape index (κ2) is 6.44. The zero-order valence-electron chi connectivity index (χ0n) is 10.2. The van der Waals surface area contributed by atoms with Crippen LogP contribution in [0, 0.1) is 6.92 Å². The van der Waals surface area contributed by atoms with Gasteiger partial charge in [-0.25, -0.2) is 9.59 Å². The maximum absolute atomic E-state index is 11.5. The van der Waals surface area contributed by atoms with Gasteiger partial charge in [0.1, 0.15) is 0 Å². The molecule has 0 heterocycles. The van der Waals surface area contributed by atoms with Crippen molar-refractivity contribution in [1.82, 2.24) is 5.32 Å². The van der Waals surface area contributed by atoms with E-state index in [1.807, 2.05) is 0 Å². The van der Waals surface area contributed by atoms with Crippen LogP contribution < -0.4 is 10.6 Å². The quantitative estimate of drug-likeness (QED) is 0.553. The molecule has 0 aliphatic carbocycles. The fourth-order valence-corrected chi connectivity index (χ4v) is 1.39. The van der Waals surface area contributed by atoms with Crippen molar-refractivity contribution in [1.29, 1.82) is 0 Å². The zero-order chi connectivity index (χ0) is 13.5. The highest BCUT2D eigenvalue weighted by atomic mass is 16.4. The first kappa shape index (κ1) is 13.8. The molecule has 0 saturated carbocycles. The molecule has 18 heavy (non-hydrogen) atoms. The monoisotopic (exact) mass is 248 g/mol. The van der Waals surface area contributed by atoms with Gasteiger partial charge >= 0.3 is 12.0 Å². The minimum atomic E-state index is -0.986. The molecule has 0 aromatic heterocycles. The molecule has 0 atom stereocenters. The van der Waals surface area contributed by atoms with Gasteiger partial charge in [0.05, 0.1) is 5.56 Å². The first-order chi connectivity index (χ1) is 8.54. The first-order valence-corrected chi connectivity index (χ1v) is 5.54. The van der Waals surface area contributed by atoms with Crippen LogP contribution in [0.4, 0.5) is 10.5 Å². The van der Waals surface area contributed by atoms with Gasteiger partial charge in [0.2, 0.25) is 0 Å². The van der Waals surface area contributed by atoms with Crippen LogP contribution in [-0.4, -0.2) is 23.7 Å². The Labute approximate surface area is 106 Å². The lowest BCUT2D eigenvalue weighted by Gasteiger charge is -2.09. The van der Waals surface area contributed by atoms with Crippen molar-refractivity contribution in [3.05, 3.63) is 42.0 Å². The maximum atomic E-state index is 11.5. The van der Waals surface area contributed by atoms with E-state index in [1.54, 1.807) is 19.1 Å². The van der Waals surface area contributed by atoms with Gasteiger partial charge in [0.15, 0.2) is 0 Å². The number of aromatic carboxylic acids is 1.